The maximum absolute atomic E-state index is 11.5. The van der Waals surface area contributed by atoms with E-state index in [2.05, 4.69) is 9.17 Å². The molecule has 12 heavy (non-hydrogen) atoms. The summed E-state index contributed by atoms with van der Waals surface area (Å²) in [5.41, 5.74) is 0.188. The van der Waals surface area contributed by atoms with Crippen LogP contribution in [0.2, 0.25) is 0 Å². The molecule has 1 rings (SSSR count). The molecule has 0 bridgehead atoms. The van der Waals surface area contributed by atoms with E-state index in [1.54, 1.807) is 0 Å². The van der Waals surface area contributed by atoms with E-state index in [1.807, 2.05) is 0 Å². The Morgan fingerprint density at radius 3 is 2.67 bits per heavy atom. The number of halogens is 3. The maximum Gasteiger partial charge on any atom is 0.534 e. The molecule has 0 unspecified atom stereocenters. The smallest absolute Gasteiger partial charge is 0.232 e. The standard InChI is InChI=1S/C5H2F3NOS2/c1-3-2-11-4(9-3)12-10-5(6,7)8/h1-2H. The van der Waals surface area contributed by atoms with Crippen molar-refractivity contribution in [1.29, 1.82) is 0 Å². The average molecular weight is 213 g/mol. The van der Waals surface area contributed by atoms with Crippen LogP contribution < -0.4 is 0 Å². The number of hydrogen-bond donors (Lipinski definition) is 0. The second-order valence-corrected chi connectivity index (χ2v) is 3.49. The zero-order valence-electron chi connectivity index (χ0n) is 5.46. The molecule has 2 nitrogen and oxygen atoms in total. The highest BCUT2D eigenvalue weighted by Gasteiger charge is 2.30. The third-order valence-electron chi connectivity index (χ3n) is 0.708. The Morgan fingerprint density at radius 2 is 2.25 bits per heavy atom. The number of hydrogen-bond acceptors (Lipinski definition) is 4. The Morgan fingerprint density at radius 1 is 1.58 bits per heavy atom. The van der Waals surface area contributed by atoms with Gasteiger partial charge >= 0.3 is 6.36 Å². The quantitative estimate of drug-likeness (QED) is 0.705. The van der Waals surface area contributed by atoms with E-state index in [0.717, 1.165) is 11.3 Å². The molecule has 0 aromatic carbocycles. The number of alkyl halides is 3. The molecule has 0 aliphatic rings. The Kier molecular flexibility index (Phi) is 2.97. The van der Waals surface area contributed by atoms with Gasteiger partial charge in [0, 0.05) is 12.3 Å². The first-order valence-corrected chi connectivity index (χ1v) is 4.23. The molecule has 0 spiro atoms. The van der Waals surface area contributed by atoms with Crippen molar-refractivity contribution >= 4 is 23.4 Å². The molecule has 66 valence electrons. The van der Waals surface area contributed by atoms with Gasteiger partial charge in [-0.3, -0.25) is 0 Å². The van der Waals surface area contributed by atoms with Crippen LogP contribution in [0, 0.1) is 6.92 Å². The lowest BCUT2D eigenvalue weighted by Gasteiger charge is -2.01. The summed E-state index contributed by atoms with van der Waals surface area (Å²) in [4.78, 5) is 3.55. The monoisotopic (exact) mass is 213 g/mol. The first-order valence-electron chi connectivity index (χ1n) is 2.61. The summed E-state index contributed by atoms with van der Waals surface area (Å²) in [6, 6.07) is 0. The SMILES string of the molecule is [CH]c1csc(SOC(F)(F)F)n1. The molecule has 0 aliphatic carbocycles. The molecule has 0 fully saturated rings. The lowest BCUT2D eigenvalue weighted by atomic mass is 10.6. The van der Waals surface area contributed by atoms with Gasteiger partial charge in [0.1, 0.15) is 0 Å². The number of nitrogens with zero attached hydrogens (tertiary/aromatic N) is 1. The van der Waals surface area contributed by atoms with Gasteiger partial charge < -0.3 is 0 Å². The predicted molar refractivity (Wildman–Crippen MR) is 38.5 cm³/mol. The first-order chi connectivity index (χ1) is 5.47. The summed E-state index contributed by atoms with van der Waals surface area (Å²) in [6.07, 6.45) is -4.65. The minimum atomic E-state index is -4.65. The molecule has 1 aromatic heterocycles. The Bertz CT molecular complexity index is 259. The van der Waals surface area contributed by atoms with Crippen LogP contribution in [0.1, 0.15) is 5.69 Å². The summed E-state index contributed by atoms with van der Waals surface area (Å²) in [7, 11) is 0. The summed E-state index contributed by atoms with van der Waals surface area (Å²) in [6.45, 7) is 5.17. The third-order valence-corrected chi connectivity index (χ3v) is 2.36. The topological polar surface area (TPSA) is 22.1 Å². The molecule has 0 aliphatic heterocycles. The Balaban J connectivity index is 2.44. The minimum absolute atomic E-state index is 0.129. The van der Waals surface area contributed by atoms with Gasteiger partial charge in [-0.15, -0.1) is 24.5 Å². The van der Waals surface area contributed by atoms with Crippen LogP contribution in [-0.2, 0) is 4.18 Å². The second kappa shape index (κ2) is 3.63. The molecule has 2 radical (unpaired) electrons. The van der Waals surface area contributed by atoms with E-state index >= 15 is 0 Å². The van der Waals surface area contributed by atoms with E-state index in [0.29, 0.717) is 0 Å². The van der Waals surface area contributed by atoms with Gasteiger partial charge in [-0.25, -0.2) is 9.17 Å². The van der Waals surface area contributed by atoms with Gasteiger partial charge in [0.15, 0.2) is 4.34 Å². The van der Waals surface area contributed by atoms with Crippen molar-refractivity contribution in [1.82, 2.24) is 4.98 Å². The van der Waals surface area contributed by atoms with Gasteiger partial charge in [-0.1, -0.05) is 0 Å². The Hall–Kier alpha value is -0.270. The number of rotatable bonds is 2. The molecule has 0 N–H and O–H groups in total. The van der Waals surface area contributed by atoms with E-state index in [1.165, 1.54) is 5.38 Å². The van der Waals surface area contributed by atoms with E-state index < -0.39 is 6.36 Å². The molecule has 0 atom stereocenters. The van der Waals surface area contributed by atoms with Gasteiger partial charge in [0.25, 0.3) is 0 Å². The number of thiazole rings is 1. The third kappa shape index (κ3) is 3.42. The second-order valence-electron chi connectivity index (χ2n) is 1.65. The predicted octanol–water partition coefficient (Wildman–Crippen LogP) is 2.75. The minimum Gasteiger partial charge on any atom is -0.232 e. The fraction of sp³-hybridized carbons (Fsp3) is 0.200. The molecule has 1 aromatic rings. The van der Waals surface area contributed by atoms with E-state index in [-0.39, 0.29) is 22.1 Å². The Labute approximate surface area is 75.0 Å². The molecule has 1 heterocycles. The number of aromatic nitrogens is 1. The van der Waals surface area contributed by atoms with Crippen LogP contribution in [0.25, 0.3) is 0 Å². The largest absolute Gasteiger partial charge is 0.534 e. The van der Waals surface area contributed by atoms with Crippen molar-refractivity contribution in [3.8, 4) is 0 Å². The van der Waals surface area contributed by atoms with Crippen molar-refractivity contribution in [3.05, 3.63) is 18.0 Å². The summed E-state index contributed by atoms with van der Waals surface area (Å²) >= 11 is 1.14. The lowest BCUT2D eigenvalue weighted by Crippen LogP contribution is -2.07. The molecule has 0 saturated heterocycles. The van der Waals surface area contributed by atoms with Crippen molar-refractivity contribution in [2.45, 2.75) is 10.7 Å². The molecular weight excluding hydrogens is 211 g/mol. The molecule has 0 saturated carbocycles. The zero-order chi connectivity index (χ0) is 9.19. The van der Waals surface area contributed by atoms with Crippen LogP contribution in [0.3, 0.4) is 0 Å². The summed E-state index contributed by atoms with van der Waals surface area (Å²) in [5, 5.41) is 1.43. The normalized spacial score (nSPS) is 12.0. The van der Waals surface area contributed by atoms with Crippen molar-refractivity contribution in [2.24, 2.45) is 0 Å². The average Bonchev–Trinajstić information content (AvgIpc) is 2.30. The van der Waals surface area contributed by atoms with Crippen LogP contribution >= 0.6 is 23.4 Å². The zero-order valence-corrected chi connectivity index (χ0v) is 7.09. The van der Waals surface area contributed by atoms with Crippen molar-refractivity contribution in [2.75, 3.05) is 0 Å². The van der Waals surface area contributed by atoms with E-state index in [4.69, 9.17) is 6.92 Å². The molecular formula is C5H2F3NOS2. The van der Waals surface area contributed by atoms with Gasteiger partial charge in [-0.2, -0.15) is 0 Å². The van der Waals surface area contributed by atoms with Crippen LogP contribution in [0.5, 0.6) is 0 Å². The summed E-state index contributed by atoms with van der Waals surface area (Å²) in [5.74, 6) is 0. The van der Waals surface area contributed by atoms with Gasteiger partial charge in [-0.05, 0) is 0 Å². The fourth-order valence-electron chi connectivity index (χ4n) is 0.390. The highest BCUT2D eigenvalue weighted by molar-refractivity contribution is 7.96. The van der Waals surface area contributed by atoms with Crippen LogP contribution in [0.15, 0.2) is 9.72 Å². The molecule has 7 heteroatoms. The maximum atomic E-state index is 11.5. The van der Waals surface area contributed by atoms with Crippen LogP contribution in [-0.4, -0.2) is 11.3 Å². The highest BCUT2D eigenvalue weighted by Crippen LogP contribution is 2.30. The van der Waals surface area contributed by atoms with Crippen LogP contribution in [0.4, 0.5) is 13.2 Å². The van der Waals surface area contributed by atoms with Gasteiger partial charge in [0.2, 0.25) is 0 Å². The lowest BCUT2D eigenvalue weighted by molar-refractivity contribution is -0.266. The van der Waals surface area contributed by atoms with Crippen molar-refractivity contribution in [3.63, 3.8) is 0 Å². The van der Waals surface area contributed by atoms with Crippen molar-refractivity contribution < 1.29 is 17.4 Å². The fourth-order valence-corrected chi connectivity index (χ4v) is 1.53. The van der Waals surface area contributed by atoms with Gasteiger partial charge in [0.05, 0.1) is 17.7 Å². The van der Waals surface area contributed by atoms with E-state index in [9.17, 15) is 13.2 Å². The first kappa shape index (κ1) is 9.82. The summed E-state index contributed by atoms with van der Waals surface area (Å²) < 4.78 is 37.9. The molecule has 0 amide bonds. The highest BCUT2D eigenvalue weighted by atomic mass is 32.2.